The standard InChI is InChI=1S/C27H27N5O6/c1-35-24-5-3-18-25(29-24)19(6-8-28-18)31-9-7-16-13-30(14-20(16)31)26(33)23-15-32(27(34)38-23)17-2-4-21-22(12-17)37-11-10-36-21/h2-6,8,12,16,20,23H,7,9-11,13-15H2,1H3/t16-,20+,23-/m0/s1. The molecule has 2 aromatic heterocycles. The van der Waals surface area contributed by atoms with Crippen molar-refractivity contribution in [1.29, 1.82) is 0 Å². The van der Waals surface area contributed by atoms with Gasteiger partial charge in [0.05, 0.1) is 36.6 Å². The van der Waals surface area contributed by atoms with Gasteiger partial charge in [0.15, 0.2) is 17.6 Å². The van der Waals surface area contributed by atoms with Gasteiger partial charge in [0.2, 0.25) is 5.88 Å². The minimum absolute atomic E-state index is 0.156. The maximum atomic E-state index is 13.5. The van der Waals surface area contributed by atoms with E-state index in [2.05, 4.69) is 14.9 Å². The highest BCUT2D eigenvalue weighted by Gasteiger charge is 2.47. The van der Waals surface area contributed by atoms with Crippen molar-refractivity contribution < 1.29 is 28.5 Å². The summed E-state index contributed by atoms with van der Waals surface area (Å²) in [6.45, 7) is 3.19. The molecule has 0 spiro atoms. The molecule has 3 fully saturated rings. The minimum atomic E-state index is -0.851. The summed E-state index contributed by atoms with van der Waals surface area (Å²) in [5, 5.41) is 0. The van der Waals surface area contributed by atoms with Crippen LogP contribution in [0.25, 0.3) is 11.0 Å². The largest absolute Gasteiger partial charge is 0.486 e. The van der Waals surface area contributed by atoms with Gasteiger partial charge in [-0.1, -0.05) is 0 Å². The van der Waals surface area contributed by atoms with Crippen molar-refractivity contribution in [1.82, 2.24) is 14.9 Å². The van der Waals surface area contributed by atoms with E-state index in [9.17, 15) is 9.59 Å². The molecule has 4 aliphatic heterocycles. The van der Waals surface area contributed by atoms with E-state index in [1.54, 1.807) is 37.6 Å². The smallest absolute Gasteiger partial charge is 0.415 e. The van der Waals surface area contributed by atoms with Gasteiger partial charge in [0.25, 0.3) is 5.91 Å². The van der Waals surface area contributed by atoms with Gasteiger partial charge in [-0.25, -0.2) is 9.78 Å². The number of rotatable bonds is 4. The molecule has 38 heavy (non-hydrogen) atoms. The van der Waals surface area contributed by atoms with Crippen molar-refractivity contribution >= 4 is 34.4 Å². The van der Waals surface area contributed by atoms with E-state index in [0.717, 1.165) is 29.7 Å². The van der Waals surface area contributed by atoms with Crippen LogP contribution in [0.4, 0.5) is 16.2 Å². The third-order valence-corrected chi connectivity index (χ3v) is 7.84. The Morgan fingerprint density at radius 3 is 2.79 bits per heavy atom. The number of benzene rings is 1. The highest BCUT2D eigenvalue weighted by atomic mass is 16.6. The fourth-order valence-electron chi connectivity index (χ4n) is 5.99. The number of anilines is 2. The van der Waals surface area contributed by atoms with Gasteiger partial charge in [-0.15, -0.1) is 0 Å². The number of aromatic nitrogens is 2. The summed E-state index contributed by atoms with van der Waals surface area (Å²) in [6, 6.07) is 11.2. The number of carbonyl (C=O) groups is 2. The molecule has 2 amide bonds. The van der Waals surface area contributed by atoms with Gasteiger partial charge in [-0.3, -0.25) is 14.7 Å². The van der Waals surface area contributed by atoms with Crippen molar-refractivity contribution in [2.45, 2.75) is 18.6 Å². The Morgan fingerprint density at radius 2 is 1.92 bits per heavy atom. The number of methoxy groups -OCH3 is 1. The lowest BCUT2D eigenvalue weighted by atomic mass is 10.0. The molecule has 7 rings (SSSR count). The fraction of sp³-hybridized carbons (Fsp3) is 0.407. The van der Waals surface area contributed by atoms with Crippen LogP contribution in [0.2, 0.25) is 0 Å². The molecule has 0 saturated carbocycles. The highest BCUT2D eigenvalue weighted by Crippen LogP contribution is 2.39. The number of pyridine rings is 2. The predicted octanol–water partition coefficient (Wildman–Crippen LogP) is 2.47. The van der Waals surface area contributed by atoms with Crippen LogP contribution in [0.3, 0.4) is 0 Å². The number of carbonyl (C=O) groups excluding carboxylic acids is 2. The van der Waals surface area contributed by atoms with Crippen molar-refractivity contribution in [2.75, 3.05) is 56.3 Å². The molecule has 3 saturated heterocycles. The Labute approximate surface area is 218 Å². The molecule has 11 heteroatoms. The zero-order valence-electron chi connectivity index (χ0n) is 20.9. The highest BCUT2D eigenvalue weighted by molar-refractivity contribution is 5.96. The topological polar surface area (TPSA) is 107 Å². The molecule has 4 aliphatic rings. The number of likely N-dealkylation sites (tertiary alicyclic amines) is 1. The molecule has 0 unspecified atom stereocenters. The summed E-state index contributed by atoms with van der Waals surface area (Å²) in [6.07, 6.45) is 1.37. The van der Waals surface area contributed by atoms with Crippen molar-refractivity contribution in [3.8, 4) is 17.4 Å². The number of hydrogen-bond acceptors (Lipinski definition) is 9. The maximum absolute atomic E-state index is 13.5. The van der Waals surface area contributed by atoms with Crippen LogP contribution in [-0.2, 0) is 9.53 Å². The monoisotopic (exact) mass is 517 g/mol. The predicted molar refractivity (Wildman–Crippen MR) is 137 cm³/mol. The van der Waals surface area contributed by atoms with Crippen LogP contribution >= 0.6 is 0 Å². The average molecular weight is 518 g/mol. The van der Waals surface area contributed by atoms with E-state index in [-0.39, 0.29) is 18.5 Å². The van der Waals surface area contributed by atoms with Crippen LogP contribution < -0.4 is 24.0 Å². The minimum Gasteiger partial charge on any atom is -0.486 e. The fourth-order valence-corrected chi connectivity index (χ4v) is 5.99. The molecule has 6 heterocycles. The van der Waals surface area contributed by atoms with Gasteiger partial charge < -0.3 is 28.7 Å². The van der Waals surface area contributed by atoms with Gasteiger partial charge >= 0.3 is 6.09 Å². The summed E-state index contributed by atoms with van der Waals surface area (Å²) in [4.78, 5) is 41.0. The van der Waals surface area contributed by atoms with Gasteiger partial charge in [-0.05, 0) is 30.7 Å². The van der Waals surface area contributed by atoms with Crippen molar-refractivity contribution in [2.24, 2.45) is 5.92 Å². The number of cyclic esters (lactones) is 1. The summed E-state index contributed by atoms with van der Waals surface area (Å²) in [5.41, 5.74) is 3.20. The number of ether oxygens (including phenoxy) is 4. The molecule has 0 N–H and O–H groups in total. The average Bonchev–Trinajstić information content (AvgIpc) is 3.66. The SMILES string of the molecule is COc1ccc2nccc(N3CC[C@H]4CN(C(=O)[C@@H]5CN(c6ccc7c(c6)OCCO7)C(=O)O5)C[C@H]43)c2n1. The zero-order valence-corrected chi connectivity index (χ0v) is 20.9. The second-order valence-electron chi connectivity index (χ2n) is 9.92. The second-order valence-corrected chi connectivity index (χ2v) is 9.92. The molecule has 3 atom stereocenters. The first kappa shape index (κ1) is 22.9. The lowest BCUT2D eigenvalue weighted by molar-refractivity contribution is -0.137. The molecule has 0 radical (unpaired) electrons. The third-order valence-electron chi connectivity index (χ3n) is 7.84. The quantitative estimate of drug-likeness (QED) is 0.516. The Balaban J connectivity index is 1.07. The number of amides is 2. The van der Waals surface area contributed by atoms with Gasteiger partial charge in [0, 0.05) is 43.9 Å². The Bertz CT molecular complexity index is 1430. The zero-order chi connectivity index (χ0) is 25.8. The Hall–Kier alpha value is -4.28. The first-order valence-corrected chi connectivity index (χ1v) is 12.8. The molecule has 3 aromatic rings. The summed E-state index contributed by atoms with van der Waals surface area (Å²) >= 11 is 0. The number of hydrogen-bond donors (Lipinski definition) is 0. The molecular formula is C27H27N5O6. The third kappa shape index (κ3) is 3.72. The van der Waals surface area contributed by atoms with Gasteiger partial charge in [-0.2, -0.15) is 0 Å². The van der Waals surface area contributed by atoms with E-state index in [1.165, 1.54) is 4.90 Å². The van der Waals surface area contributed by atoms with Crippen LogP contribution in [0.15, 0.2) is 42.6 Å². The van der Waals surface area contributed by atoms with E-state index >= 15 is 0 Å². The molecule has 196 valence electrons. The molecule has 11 nitrogen and oxygen atoms in total. The van der Waals surface area contributed by atoms with E-state index in [0.29, 0.717) is 55.3 Å². The lowest BCUT2D eigenvalue weighted by Gasteiger charge is -2.28. The van der Waals surface area contributed by atoms with Crippen LogP contribution in [0.5, 0.6) is 17.4 Å². The van der Waals surface area contributed by atoms with Gasteiger partial charge in [0.1, 0.15) is 18.7 Å². The molecule has 1 aromatic carbocycles. The summed E-state index contributed by atoms with van der Waals surface area (Å²) < 4.78 is 22.1. The van der Waals surface area contributed by atoms with Crippen LogP contribution in [0.1, 0.15) is 6.42 Å². The number of nitrogens with zero attached hydrogens (tertiary/aromatic N) is 5. The van der Waals surface area contributed by atoms with Crippen molar-refractivity contribution in [3.63, 3.8) is 0 Å². The Kier molecular flexibility index (Phi) is 5.38. The first-order valence-electron chi connectivity index (χ1n) is 12.8. The van der Waals surface area contributed by atoms with E-state index < -0.39 is 12.2 Å². The van der Waals surface area contributed by atoms with Crippen LogP contribution in [0, 0.1) is 5.92 Å². The van der Waals surface area contributed by atoms with Crippen molar-refractivity contribution in [3.05, 3.63) is 42.6 Å². The van der Waals surface area contributed by atoms with Crippen LogP contribution in [-0.4, -0.2) is 85.5 Å². The molecular weight excluding hydrogens is 490 g/mol. The van der Waals surface area contributed by atoms with E-state index in [4.69, 9.17) is 18.9 Å². The summed E-state index contributed by atoms with van der Waals surface area (Å²) in [5.74, 6) is 1.94. The normalized spacial score (nSPS) is 24.1. The lowest BCUT2D eigenvalue weighted by Crippen LogP contribution is -2.42. The maximum Gasteiger partial charge on any atom is 0.415 e. The van der Waals surface area contributed by atoms with E-state index in [1.807, 2.05) is 17.0 Å². The number of fused-ring (bicyclic) bond motifs is 3. The molecule has 0 aliphatic carbocycles. The Morgan fingerprint density at radius 1 is 1.05 bits per heavy atom. The first-order chi connectivity index (χ1) is 18.6. The summed E-state index contributed by atoms with van der Waals surface area (Å²) in [7, 11) is 1.60. The molecule has 0 bridgehead atoms. The second kappa shape index (κ2) is 8.93.